The summed E-state index contributed by atoms with van der Waals surface area (Å²) in [6, 6.07) is 2.59. The molecule has 0 radical (unpaired) electrons. The van der Waals surface area contributed by atoms with Crippen molar-refractivity contribution in [3.05, 3.63) is 34.6 Å². The second-order valence-electron chi connectivity index (χ2n) is 5.00. The molecule has 2 amide bonds. The number of hydrogen-bond acceptors (Lipinski definition) is 3. The van der Waals surface area contributed by atoms with E-state index in [1.807, 2.05) is 0 Å². The zero-order chi connectivity index (χ0) is 17.6. The Morgan fingerprint density at radius 1 is 1.39 bits per heavy atom. The minimum atomic E-state index is -1.16. The van der Waals surface area contributed by atoms with Gasteiger partial charge in [-0.1, -0.05) is 17.7 Å². The lowest BCUT2D eigenvalue weighted by Gasteiger charge is -2.27. The standard InChI is InChI=1S/C15H18ClFN2O4/c1-9(15(22)23)19(6-5-18-10(2)20)14(21)7-11-3-4-12(17)8-13(11)16/h3-4,8-9H,5-7H2,1-2H3,(H,18,20)(H,22,23). The SMILES string of the molecule is CC(=O)NCCN(C(=O)Cc1ccc(F)cc1Cl)C(C)C(=O)O. The van der Waals surface area contributed by atoms with Gasteiger partial charge in [-0.3, -0.25) is 9.59 Å². The summed E-state index contributed by atoms with van der Waals surface area (Å²) in [5.41, 5.74) is 0.403. The van der Waals surface area contributed by atoms with Gasteiger partial charge in [0.05, 0.1) is 6.42 Å². The number of carbonyl (C=O) groups is 3. The normalized spacial score (nSPS) is 11.7. The van der Waals surface area contributed by atoms with Crippen LogP contribution in [0.5, 0.6) is 0 Å². The van der Waals surface area contributed by atoms with Gasteiger partial charge in [0.1, 0.15) is 11.9 Å². The summed E-state index contributed by atoms with van der Waals surface area (Å²) in [4.78, 5) is 35.5. The van der Waals surface area contributed by atoms with Crippen LogP contribution < -0.4 is 5.32 Å². The van der Waals surface area contributed by atoms with Crippen molar-refractivity contribution in [2.75, 3.05) is 13.1 Å². The summed E-state index contributed by atoms with van der Waals surface area (Å²) in [6.07, 6.45) is -0.156. The maximum absolute atomic E-state index is 13.0. The molecule has 1 aromatic rings. The first-order valence-corrected chi connectivity index (χ1v) is 7.30. The average molecular weight is 345 g/mol. The number of carboxylic acids is 1. The van der Waals surface area contributed by atoms with E-state index in [4.69, 9.17) is 16.7 Å². The quantitative estimate of drug-likeness (QED) is 0.784. The summed E-state index contributed by atoms with van der Waals surface area (Å²) < 4.78 is 13.0. The molecule has 6 nitrogen and oxygen atoms in total. The molecule has 1 unspecified atom stereocenters. The number of halogens is 2. The Bertz CT molecular complexity index is 609. The lowest BCUT2D eigenvalue weighted by molar-refractivity contribution is -0.149. The molecule has 0 aliphatic carbocycles. The molecular formula is C15H18ClFN2O4. The smallest absolute Gasteiger partial charge is 0.326 e. The summed E-state index contributed by atoms with van der Waals surface area (Å²) >= 11 is 5.88. The van der Waals surface area contributed by atoms with Crippen molar-refractivity contribution in [2.45, 2.75) is 26.3 Å². The number of aliphatic carboxylic acids is 1. The van der Waals surface area contributed by atoms with Crippen LogP contribution in [0.25, 0.3) is 0 Å². The van der Waals surface area contributed by atoms with Gasteiger partial charge in [-0.25, -0.2) is 9.18 Å². The highest BCUT2D eigenvalue weighted by atomic mass is 35.5. The van der Waals surface area contributed by atoms with E-state index < -0.39 is 23.7 Å². The van der Waals surface area contributed by atoms with Gasteiger partial charge in [0.25, 0.3) is 0 Å². The van der Waals surface area contributed by atoms with E-state index >= 15 is 0 Å². The molecule has 0 fully saturated rings. The molecule has 126 valence electrons. The minimum Gasteiger partial charge on any atom is -0.480 e. The first-order chi connectivity index (χ1) is 10.7. The van der Waals surface area contributed by atoms with Gasteiger partial charge in [0.15, 0.2) is 0 Å². The highest BCUT2D eigenvalue weighted by molar-refractivity contribution is 6.31. The van der Waals surface area contributed by atoms with Crippen LogP contribution in [0.1, 0.15) is 19.4 Å². The molecule has 23 heavy (non-hydrogen) atoms. The lowest BCUT2D eigenvalue weighted by Crippen LogP contribution is -2.47. The third kappa shape index (κ3) is 5.86. The van der Waals surface area contributed by atoms with Crippen LogP contribution in [0.3, 0.4) is 0 Å². The molecule has 1 rings (SSSR count). The number of hydrogen-bond donors (Lipinski definition) is 2. The number of carboxylic acid groups (broad SMARTS) is 1. The molecule has 1 aromatic carbocycles. The molecule has 0 aliphatic rings. The summed E-state index contributed by atoms with van der Waals surface area (Å²) in [5.74, 6) is -2.43. The molecule has 0 heterocycles. The molecule has 0 aliphatic heterocycles. The van der Waals surface area contributed by atoms with E-state index in [0.717, 1.165) is 11.0 Å². The molecule has 0 bridgehead atoms. The molecule has 8 heteroatoms. The second-order valence-corrected chi connectivity index (χ2v) is 5.40. The number of benzene rings is 1. The van der Waals surface area contributed by atoms with Crippen LogP contribution >= 0.6 is 11.6 Å². The fourth-order valence-corrected chi connectivity index (χ4v) is 2.18. The van der Waals surface area contributed by atoms with E-state index in [1.165, 1.54) is 26.0 Å². The number of amides is 2. The maximum Gasteiger partial charge on any atom is 0.326 e. The van der Waals surface area contributed by atoms with Crippen LogP contribution in [0.4, 0.5) is 4.39 Å². The second kappa shape index (κ2) is 8.47. The van der Waals surface area contributed by atoms with Crippen molar-refractivity contribution >= 4 is 29.4 Å². The summed E-state index contributed by atoms with van der Waals surface area (Å²) in [6.45, 7) is 2.88. The third-order valence-corrected chi connectivity index (χ3v) is 3.58. The van der Waals surface area contributed by atoms with E-state index in [0.29, 0.717) is 5.56 Å². The molecule has 2 N–H and O–H groups in total. The monoisotopic (exact) mass is 344 g/mol. The van der Waals surface area contributed by atoms with Crippen molar-refractivity contribution in [2.24, 2.45) is 0 Å². The van der Waals surface area contributed by atoms with Crippen LogP contribution in [-0.4, -0.2) is 46.9 Å². The van der Waals surface area contributed by atoms with E-state index in [1.54, 1.807) is 0 Å². The van der Waals surface area contributed by atoms with Crippen molar-refractivity contribution in [1.82, 2.24) is 10.2 Å². The summed E-state index contributed by atoms with van der Waals surface area (Å²) in [7, 11) is 0. The summed E-state index contributed by atoms with van der Waals surface area (Å²) in [5, 5.41) is 11.7. The topological polar surface area (TPSA) is 86.7 Å². The van der Waals surface area contributed by atoms with Crippen LogP contribution in [0.2, 0.25) is 5.02 Å². The lowest BCUT2D eigenvalue weighted by atomic mass is 10.1. The maximum atomic E-state index is 13.0. The Morgan fingerprint density at radius 3 is 2.57 bits per heavy atom. The van der Waals surface area contributed by atoms with Gasteiger partial charge in [-0.15, -0.1) is 0 Å². The third-order valence-electron chi connectivity index (χ3n) is 3.23. The van der Waals surface area contributed by atoms with Gasteiger partial charge >= 0.3 is 5.97 Å². The first-order valence-electron chi connectivity index (χ1n) is 6.93. The largest absolute Gasteiger partial charge is 0.480 e. The van der Waals surface area contributed by atoms with Gasteiger partial charge in [-0.05, 0) is 24.6 Å². The Labute approximate surface area is 138 Å². The fourth-order valence-electron chi connectivity index (χ4n) is 1.95. The number of nitrogens with one attached hydrogen (secondary N) is 1. The van der Waals surface area contributed by atoms with E-state index in [2.05, 4.69) is 5.32 Å². The highest BCUT2D eigenvalue weighted by Gasteiger charge is 2.25. The van der Waals surface area contributed by atoms with Crippen molar-refractivity contribution < 1.29 is 23.9 Å². The fraction of sp³-hybridized carbons (Fsp3) is 0.400. The van der Waals surface area contributed by atoms with E-state index in [9.17, 15) is 18.8 Å². The Balaban J connectivity index is 2.85. The Kier molecular flexibility index (Phi) is 6.96. The number of carbonyl (C=O) groups excluding carboxylic acids is 2. The van der Waals surface area contributed by atoms with Gasteiger partial charge < -0.3 is 15.3 Å². The van der Waals surface area contributed by atoms with Gasteiger partial charge in [0.2, 0.25) is 11.8 Å². The molecule has 0 aromatic heterocycles. The first kappa shape index (κ1) is 18.9. The van der Waals surface area contributed by atoms with Crippen molar-refractivity contribution in [1.29, 1.82) is 0 Å². The number of nitrogens with zero attached hydrogens (tertiary/aromatic N) is 1. The zero-order valence-corrected chi connectivity index (χ0v) is 13.6. The van der Waals surface area contributed by atoms with Gasteiger partial charge in [-0.2, -0.15) is 0 Å². The highest BCUT2D eigenvalue weighted by Crippen LogP contribution is 2.19. The van der Waals surface area contributed by atoms with Crippen molar-refractivity contribution in [3.63, 3.8) is 0 Å². The van der Waals surface area contributed by atoms with Crippen LogP contribution in [0.15, 0.2) is 18.2 Å². The predicted octanol–water partition coefficient (Wildman–Crippen LogP) is 1.46. The van der Waals surface area contributed by atoms with Crippen molar-refractivity contribution in [3.8, 4) is 0 Å². The molecule has 0 saturated carbocycles. The average Bonchev–Trinajstić information content (AvgIpc) is 2.45. The van der Waals surface area contributed by atoms with Crippen LogP contribution in [0, 0.1) is 5.82 Å². The Hall–Kier alpha value is -2.15. The molecular weight excluding hydrogens is 327 g/mol. The zero-order valence-electron chi connectivity index (χ0n) is 12.8. The number of rotatable bonds is 7. The molecule has 0 spiro atoms. The van der Waals surface area contributed by atoms with Crippen LogP contribution in [-0.2, 0) is 20.8 Å². The van der Waals surface area contributed by atoms with Gasteiger partial charge in [0, 0.05) is 25.0 Å². The minimum absolute atomic E-state index is 0.0463. The molecule has 0 saturated heterocycles. The Morgan fingerprint density at radius 2 is 2.04 bits per heavy atom. The predicted molar refractivity (Wildman–Crippen MR) is 82.6 cm³/mol. The van der Waals surface area contributed by atoms with E-state index in [-0.39, 0.29) is 30.4 Å². The molecule has 1 atom stereocenters.